The summed E-state index contributed by atoms with van der Waals surface area (Å²) in [6.45, 7) is 7.19. The number of likely N-dealkylation sites (N-methyl/N-ethyl adjacent to an activating group) is 1. The second-order valence-corrected chi connectivity index (χ2v) is 9.62. The Kier molecular flexibility index (Phi) is 9.26. The minimum Gasteiger partial charge on any atom is -0.350 e. The largest absolute Gasteiger partial charge is 0.350 e. The highest BCUT2D eigenvalue weighted by atomic mass is 16.2. The second kappa shape index (κ2) is 12.8. The number of carbonyl (C=O) groups excluding carboxylic acids is 2. The number of pyridine rings is 1. The van der Waals surface area contributed by atoms with Gasteiger partial charge >= 0.3 is 0 Å². The van der Waals surface area contributed by atoms with E-state index in [2.05, 4.69) is 27.4 Å². The summed E-state index contributed by atoms with van der Waals surface area (Å²) in [5, 5.41) is 6.68. The lowest BCUT2D eigenvalue weighted by atomic mass is 10.0. The van der Waals surface area contributed by atoms with Crippen molar-refractivity contribution in [2.45, 2.75) is 64.5 Å². The molecular weight excluding hydrogens is 438 g/mol. The van der Waals surface area contributed by atoms with Crippen LogP contribution in [0.2, 0.25) is 0 Å². The summed E-state index contributed by atoms with van der Waals surface area (Å²) in [4.78, 5) is 35.0. The van der Waals surface area contributed by atoms with Crippen molar-refractivity contribution in [1.29, 1.82) is 0 Å². The molecule has 0 bridgehead atoms. The maximum absolute atomic E-state index is 13.5. The zero-order chi connectivity index (χ0) is 24.5. The Labute approximate surface area is 209 Å². The van der Waals surface area contributed by atoms with Gasteiger partial charge in [-0.1, -0.05) is 26.2 Å². The number of likely N-dealkylation sites (tertiary alicyclic amines) is 1. The van der Waals surface area contributed by atoms with E-state index in [1.54, 1.807) is 18.5 Å². The van der Waals surface area contributed by atoms with Crippen LogP contribution in [-0.2, 0) is 6.54 Å². The molecule has 1 unspecified atom stereocenters. The summed E-state index contributed by atoms with van der Waals surface area (Å²) in [6.07, 6.45) is 11.2. The molecule has 2 aliphatic heterocycles. The van der Waals surface area contributed by atoms with Gasteiger partial charge in [0, 0.05) is 49.3 Å². The Hall–Kier alpha value is -2.77. The Balaban J connectivity index is 1.56. The van der Waals surface area contributed by atoms with Crippen LogP contribution in [0.3, 0.4) is 0 Å². The zero-order valence-electron chi connectivity index (χ0n) is 21.0. The van der Waals surface area contributed by atoms with Crippen LogP contribution in [0.25, 0.3) is 0 Å². The summed E-state index contributed by atoms with van der Waals surface area (Å²) < 4.78 is 0. The van der Waals surface area contributed by atoms with Gasteiger partial charge in [-0.25, -0.2) is 0 Å². The van der Waals surface area contributed by atoms with Crippen molar-refractivity contribution in [3.8, 4) is 0 Å². The molecule has 7 heteroatoms. The first-order chi connectivity index (χ1) is 17.2. The number of rotatable bonds is 5. The average molecular weight is 478 g/mol. The highest BCUT2D eigenvalue weighted by molar-refractivity contribution is 6.06. The first kappa shape index (κ1) is 25.3. The van der Waals surface area contributed by atoms with Crippen molar-refractivity contribution >= 4 is 17.5 Å². The summed E-state index contributed by atoms with van der Waals surface area (Å²) in [5.74, 6) is -0.0958. The smallest absolute Gasteiger partial charge is 0.259 e. The maximum Gasteiger partial charge on any atom is 0.259 e. The fourth-order valence-electron chi connectivity index (χ4n) is 5.24. The molecule has 1 saturated heterocycles. The van der Waals surface area contributed by atoms with Crippen molar-refractivity contribution in [2.75, 3.05) is 37.6 Å². The van der Waals surface area contributed by atoms with Crippen LogP contribution in [0.5, 0.6) is 0 Å². The van der Waals surface area contributed by atoms with Crippen molar-refractivity contribution in [1.82, 2.24) is 20.5 Å². The van der Waals surface area contributed by atoms with E-state index < -0.39 is 0 Å². The van der Waals surface area contributed by atoms with Crippen molar-refractivity contribution in [3.05, 3.63) is 59.4 Å². The van der Waals surface area contributed by atoms with Gasteiger partial charge in [0.2, 0.25) is 0 Å². The number of hydrogen-bond donors (Lipinski definition) is 2. The van der Waals surface area contributed by atoms with Gasteiger partial charge in [0.1, 0.15) is 0 Å². The Morgan fingerprint density at radius 3 is 2.74 bits per heavy atom. The Bertz CT molecular complexity index is 981. The third-order valence-electron chi connectivity index (χ3n) is 7.24. The number of amides is 2. The highest BCUT2D eigenvalue weighted by Crippen LogP contribution is 2.26. The minimum atomic E-state index is -0.0491. The van der Waals surface area contributed by atoms with Gasteiger partial charge in [0.05, 0.1) is 5.56 Å². The van der Waals surface area contributed by atoms with Crippen molar-refractivity contribution < 1.29 is 9.59 Å². The molecule has 3 heterocycles. The van der Waals surface area contributed by atoms with E-state index in [0.717, 1.165) is 56.6 Å². The molecule has 0 radical (unpaired) electrons. The molecule has 35 heavy (non-hydrogen) atoms. The number of benzene rings is 1. The van der Waals surface area contributed by atoms with Gasteiger partial charge < -0.3 is 15.5 Å². The molecule has 7 nitrogen and oxygen atoms in total. The molecule has 188 valence electrons. The molecule has 1 aromatic heterocycles. The number of nitrogens with one attached hydrogen (secondary N) is 2. The van der Waals surface area contributed by atoms with Crippen molar-refractivity contribution in [3.63, 3.8) is 0 Å². The molecule has 2 N–H and O–H groups in total. The molecule has 1 aromatic carbocycles. The SMILES string of the molecule is CCN1CCCC1CNC(=O)c1ccc2c(c1)CNCCCCCCCN2C(=O)c1cccnc1. The van der Waals surface area contributed by atoms with E-state index in [4.69, 9.17) is 0 Å². The number of fused-ring (bicyclic) bond motifs is 1. The Morgan fingerprint density at radius 2 is 1.91 bits per heavy atom. The molecule has 4 rings (SSSR count). The van der Waals surface area contributed by atoms with E-state index >= 15 is 0 Å². The summed E-state index contributed by atoms with van der Waals surface area (Å²) in [7, 11) is 0. The van der Waals surface area contributed by atoms with Crippen LogP contribution < -0.4 is 15.5 Å². The predicted octanol–water partition coefficient (Wildman–Crippen LogP) is 4.00. The predicted molar refractivity (Wildman–Crippen MR) is 140 cm³/mol. The fraction of sp³-hybridized carbons (Fsp3) is 0.536. The van der Waals surface area contributed by atoms with Crippen LogP contribution in [0.15, 0.2) is 42.7 Å². The molecular formula is C28H39N5O2. The lowest BCUT2D eigenvalue weighted by molar-refractivity contribution is 0.0940. The average Bonchev–Trinajstić information content (AvgIpc) is 3.35. The van der Waals surface area contributed by atoms with Gasteiger partial charge in [0.15, 0.2) is 0 Å². The van der Waals surface area contributed by atoms with E-state index in [9.17, 15) is 9.59 Å². The van der Waals surface area contributed by atoms with Crippen LogP contribution in [0, 0.1) is 0 Å². The van der Waals surface area contributed by atoms with Gasteiger partial charge in [0.25, 0.3) is 11.8 Å². The van der Waals surface area contributed by atoms with Gasteiger partial charge in [-0.3, -0.25) is 19.5 Å². The standard InChI is InChI=1S/C28H39N5O2/c1-2-32-16-9-11-25(32)21-31-27(34)22-12-13-26-24(18-22)20-29-14-6-4-3-5-7-17-33(26)28(35)23-10-8-15-30-19-23/h8,10,12-13,15,18-19,25,29H,2-7,9,11,14,16-17,20-21H2,1H3,(H,31,34). The summed E-state index contributed by atoms with van der Waals surface area (Å²) in [6, 6.07) is 9.79. The number of nitrogens with zero attached hydrogens (tertiary/aromatic N) is 3. The molecule has 0 aliphatic carbocycles. The Morgan fingerprint density at radius 1 is 1.06 bits per heavy atom. The maximum atomic E-state index is 13.5. The fourth-order valence-corrected chi connectivity index (χ4v) is 5.24. The van der Waals surface area contributed by atoms with Crippen molar-refractivity contribution in [2.24, 2.45) is 0 Å². The van der Waals surface area contributed by atoms with Gasteiger partial charge in [-0.2, -0.15) is 0 Å². The number of hydrogen-bond acceptors (Lipinski definition) is 5. The molecule has 1 atom stereocenters. The van der Waals surface area contributed by atoms with Gasteiger partial charge in [-0.15, -0.1) is 0 Å². The molecule has 0 saturated carbocycles. The summed E-state index contributed by atoms with van der Waals surface area (Å²) in [5.41, 5.74) is 3.08. The highest BCUT2D eigenvalue weighted by Gasteiger charge is 2.24. The third-order valence-corrected chi connectivity index (χ3v) is 7.24. The van der Waals surface area contributed by atoms with Crippen LogP contribution >= 0.6 is 0 Å². The molecule has 0 spiro atoms. The second-order valence-electron chi connectivity index (χ2n) is 9.62. The number of aromatic nitrogens is 1. The summed E-state index contributed by atoms with van der Waals surface area (Å²) >= 11 is 0. The van der Waals surface area contributed by atoms with Gasteiger partial charge in [-0.05, 0) is 81.2 Å². The number of anilines is 1. The van der Waals surface area contributed by atoms with Crippen LogP contribution in [0.4, 0.5) is 5.69 Å². The topological polar surface area (TPSA) is 77.6 Å². The normalized spacial score (nSPS) is 19.9. The van der Waals surface area contributed by atoms with E-state index in [1.165, 1.54) is 19.3 Å². The first-order valence-corrected chi connectivity index (χ1v) is 13.2. The van der Waals surface area contributed by atoms with E-state index in [-0.39, 0.29) is 11.8 Å². The number of carbonyl (C=O) groups is 2. The lowest BCUT2D eigenvalue weighted by Crippen LogP contribution is -2.40. The molecule has 1 fully saturated rings. The molecule has 2 aliphatic rings. The van der Waals surface area contributed by atoms with E-state index in [1.807, 2.05) is 29.2 Å². The minimum absolute atomic E-state index is 0.0468. The van der Waals surface area contributed by atoms with E-state index in [0.29, 0.717) is 36.8 Å². The molecule has 2 amide bonds. The lowest BCUT2D eigenvalue weighted by Gasteiger charge is -2.27. The van der Waals surface area contributed by atoms with Crippen LogP contribution in [-0.4, -0.2) is 60.5 Å². The zero-order valence-corrected chi connectivity index (χ0v) is 21.0. The van der Waals surface area contributed by atoms with Crippen LogP contribution in [0.1, 0.15) is 78.1 Å². The monoisotopic (exact) mass is 477 g/mol. The quantitative estimate of drug-likeness (QED) is 0.681. The molecule has 2 aromatic rings. The first-order valence-electron chi connectivity index (χ1n) is 13.2. The third kappa shape index (κ3) is 6.67.